The van der Waals surface area contributed by atoms with Crippen LogP contribution >= 0.6 is 23.2 Å². The minimum Gasteiger partial charge on any atom is -0.299 e. The van der Waals surface area contributed by atoms with Crippen molar-refractivity contribution in [2.75, 3.05) is 0 Å². The smallest absolute Gasteiger partial charge is 0.146 e. The second-order valence-corrected chi connectivity index (χ2v) is 8.24. The molecule has 0 saturated heterocycles. The van der Waals surface area contributed by atoms with Crippen molar-refractivity contribution in [1.82, 2.24) is 0 Å². The Labute approximate surface area is 170 Å². The Morgan fingerprint density at radius 2 is 1.52 bits per heavy atom. The number of hydrogen-bond donors (Lipinski definition) is 0. The van der Waals surface area contributed by atoms with Gasteiger partial charge in [-0.1, -0.05) is 59.6 Å². The summed E-state index contributed by atoms with van der Waals surface area (Å²) in [5.74, 6) is -0.281. The molecule has 0 spiro atoms. The zero-order valence-corrected chi connectivity index (χ0v) is 17.0. The lowest BCUT2D eigenvalue weighted by Crippen LogP contribution is -2.32. The average molecular weight is 403 g/mol. The van der Waals surface area contributed by atoms with Crippen LogP contribution in [-0.4, -0.2) is 11.6 Å². The van der Waals surface area contributed by atoms with E-state index in [1.165, 1.54) is 12.5 Å². The molecule has 1 aliphatic rings. The second-order valence-electron chi connectivity index (χ2n) is 7.43. The van der Waals surface area contributed by atoms with Crippen LogP contribution < -0.4 is 0 Å². The fourth-order valence-electron chi connectivity index (χ4n) is 4.10. The van der Waals surface area contributed by atoms with Crippen molar-refractivity contribution in [2.45, 2.75) is 44.9 Å². The van der Waals surface area contributed by atoms with Crippen LogP contribution in [0.15, 0.2) is 48.5 Å². The molecule has 0 bridgehead atoms. The molecule has 3 rings (SSSR count). The number of ketones is 2. The van der Waals surface area contributed by atoms with Gasteiger partial charge in [0.1, 0.15) is 11.6 Å². The third-order valence-electron chi connectivity index (χ3n) is 5.70. The Hall–Kier alpha value is -1.64. The molecule has 1 aliphatic carbocycles. The first-order valence-electron chi connectivity index (χ1n) is 9.49. The van der Waals surface area contributed by atoms with E-state index < -0.39 is 5.92 Å². The Bertz CT molecular complexity index is 788. The highest BCUT2D eigenvalue weighted by molar-refractivity contribution is 6.36. The summed E-state index contributed by atoms with van der Waals surface area (Å²) in [5, 5.41) is 1.02. The third-order valence-corrected chi connectivity index (χ3v) is 6.41. The SMILES string of the molecule is CC(=O)C(Cc1c(Cl)cccc1Cl)C(=O)C1CCC(c2ccccc2)CC1. The fourth-order valence-corrected chi connectivity index (χ4v) is 4.65. The van der Waals surface area contributed by atoms with E-state index in [2.05, 4.69) is 24.3 Å². The summed E-state index contributed by atoms with van der Waals surface area (Å²) < 4.78 is 0. The van der Waals surface area contributed by atoms with Crippen LogP contribution in [0.4, 0.5) is 0 Å². The maximum Gasteiger partial charge on any atom is 0.146 e. The second kappa shape index (κ2) is 9.03. The van der Waals surface area contributed by atoms with Gasteiger partial charge in [0.15, 0.2) is 0 Å². The summed E-state index contributed by atoms with van der Waals surface area (Å²) in [6.45, 7) is 1.49. The molecule has 1 saturated carbocycles. The van der Waals surface area contributed by atoms with Gasteiger partial charge < -0.3 is 0 Å². The van der Waals surface area contributed by atoms with E-state index >= 15 is 0 Å². The molecular weight excluding hydrogens is 379 g/mol. The molecule has 1 atom stereocenters. The number of rotatable bonds is 6. The van der Waals surface area contributed by atoms with Crippen molar-refractivity contribution < 1.29 is 9.59 Å². The number of hydrogen-bond acceptors (Lipinski definition) is 2. The molecule has 0 N–H and O–H groups in total. The monoisotopic (exact) mass is 402 g/mol. The molecule has 0 amide bonds. The Kier molecular flexibility index (Phi) is 6.73. The summed E-state index contributed by atoms with van der Waals surface area (Å²) >= 11 is 12.5. The topological polar surface area (TPSA) is 34.1 Å². The number of carbonyl (C=O) groups is 2. The largest absolute Gasteiger partial charge is 0.299 e. The fraction of sp³-hybridized carbons (Fsp3) is 0.391. The third kappa shape index (κ3) is 4.80. The van der Waals surface area contributed by atoms with E-state index in [1.54, 1.807) is 18.2 Å². The van der Waals surface area contributed by atoms with Gasteiger partial charge in [0.05, 0.1) is 5.92 Å². The predicted molar refractivity (Wildman–Crippen MR) is 110 cm³/mol. The Morgan fingerprint density at radius 1 is 0.926 bits per heavy atom. The van der Waals surface area contributed by atoms with Gasteiger partial charge in [-0.05, 0) is 68.2 Å². The molecule has 0 heterocycles. The summed E-state index contributed by atoms with van der Waals surface area (Å²) in [5.41, 5.74) is 2.03. The maximum atomic E-state index is 13.1. The Balaban J connectivity index is 1.68. The van der Waals surface area contributed by atoms with Gasteiger partial charge in [-0.25, -0.2) is 0 Å². The van der Waals surface area contributed by atoms with Crippen LogP contribution in [0.1, 0.15) is 49.7 Å². The highest BCUT2D eigenvalue weighted by atomic mass is 35.5. The molecular formula is C23H24Cl2O2. The first kappa shape index (κ1) is 20.1. The quantitative estimate of drug-likeness (QED) is 0.532. The molecule has 0 aromatic heterocycles. The minimum atomic E-state index is -0.666. The first-order chi connectivity index (χ1) is 13.0. The van der Waals surface area contributed by atoms with Crippen LogP contribution in [0.2, 0.25) is 10.0 Å². The molecule has 2 aromatic carbocycles. The number of carbonyl (C=O) groups excluding carboxylic acids is 2. The van der Waals surface area contributed by atoms with Crippen LogP contribution in [0.3, 0.4) is 0 Å². The molecule has 1 unspecified atom stereocenters. The lowest BCUT2D eigenvalue weighted by molar-refractivity contribution is -0.134. The van der Waals surface area contributed by atoms with Gasteiger partial charge in [-0.15, -0.1) is 0 Å². The van der Waals surface area contributed by atoms with Crippen molar-refractivity contribution in [3.63, 3.8) is 0 Å². The lowest BCUT2D eigenvalue weighted by Gasteiger charge is -2.30. The maximum absolute atomic E-state index is 13.1. The lowest BCUT2D eigenvalue weighted by atomic mass is 9.73. The van der Waals surface area contributed by atoms with Crippen LogP contribution in [0.25, 0.3) is 0 Å². The molecule has 1 fully saturated rings. The highest BCUT2D eigenvalue weighted by Gasteiger charge is 2.34. The first-order valence-corrected chi connectivity index (χ1v) is 10.2. The normalized spacial score (nSPS) is 20.9. The molecule has 2 aromatic rings. The highest BCUT2D eigenvalue weighted by Crippen LogP contribution is 2.38. The van der Waals surface area contributed by atoms with Crippen molar-refractivity contribution in [3.8, 4) is 0 Å². The molecule has 142 valence electrons. The van der Waals surface area contributed by atoms with Crippen molar-refractivity contribution in [1.29, 1.82) is 0 Å². The number of halogens is 2. The zero-order valence-electron chi connectivity index (χ0n) is 15.5. The van der Waals surface area contributed by atoms with Gasteiger partial charge in [-0.2, -0.15) is 0 Å². The van der Waals surface area contributed by atoms with Crippen molar-refractivity contribution >= 4 is 34.8 Å². The Morgan fingerprint density at radius 3 is 2.07 bits per heavy atom. The minimum absolute atomic E-state index is 0.0463. The molecule has 0 aliphatic heterocycles. The van der Waals surface area contributed by atoms with Crippen LogP contribution in [-0.2, 0) is 16.0 Å². The summed E-state index contributed by atoms with van der Waals surface area (Å²) in [7, 11) is 0. The van der Waals surface area contributed by atoms with Gasteiger partial charge in [0, 0.05) is 16.0 Å². The van der Waals surface area contributed by atoms with Gasteiger partial charge in [0.25, 0.3) is 0 Å². The van der Waals surface area contributed by atoms with E-state index in [-0.39, 0.29) is 23.9 Å². The number of benzene rings is 2. The van der Waals surface area contributed by atoms with E-state index in [1.807, 2.05) is 6.07 Å². The number of Topliss-reactive ketones (excluding diaryl/α,β-unsaturated/α-hetero) is 2. The zero-order chi connectivity index (χ0) is 19.4. The molecule has 2 nitrogen and oxygen atoms in total. The van der Waals surface area contributed by atoms with E-state index in [0.717, 1.165) is 25.7 Å². The van der Waals surface area contributed by atoms with E-state index in [0.29, 0.717) is 21.5 Å². The van der Waals surface area contributed by atoms with Crippen molar-refractivity contribution in [3.05, 3.63) is 69.7 Å². The standard InChI is InChI=1S/C23H24Cl2O2/c1-15(26)19(14-20-21(24)8-5-9-22(20)25)23(27)18-12-10-17(11-13-18)16-6-3-2-4-7-16/h2-9,17-19H,10-14H2,1H3. The predicted octanol–water partition coefficient (Wildman–Crippen LogP) is 6.28. The summed E-state index contributed by atoms with van der Waals surface area (Å²) in [6, 6.07) is 15.7. The average Bonchev–Trinajstić information content (AvgIpc) is 2.68. The molecule has 0 radical (unpaired) electrons. The summed E-state index contributed by atoms with van der Waals surface area (Å²) in [4.78, 5) is 25.3. The molecule has 4 heteroatoms. The molecule has 27 heavy (non-hydrogen) atoms. The summed E-state index contributed by atoms with van der Waals surface area (Å²) in [6.07, 6.45) is 3.91. The van der Waals surface area contributed by atoms with Gasteiger partial charge in [0.2, 0.25) is 0 Å². The van der Waals surface area contributed by atoms with Crippen LogP contribution in [0, 0.1) is 11.8 Å². The van der Waals surface area contributed by atoms with Crippen LogP contribution in [0.5, 0.6) is 0 Å². The van der Waals surface area contributed by atoms with Gasteiger partial charge in [-0.3, -0.25) is 9.59 Å². The van der Waals surface area contributed by atoms with E-state index in [9.17, 15) is 9.59 Å². The van der Waals surface area contributed by atoms with Gasteiger partial charge >= 0.3 is 0 Å². The van der Waals surface area contributed by atoms with Crippen molar-refractivity contribution in [2.24, 2.45) is 11.8 Å². The van der Waals surface area contributed by atoms with E-state index in [4.69, 9.17) is 23.2 Å².